The summed E-state index contributed by atoms with van der Waals surface area (Å²) in [6, 6.07) is 10.5. The van der Waals surface area contributed by atoms with E-state index < -0.39 is 15.6 Å². The average molecular weight is 445 g/mol. The molecular formula is C17H12Cl3N3O3S. The van der Waals surface area contributed by atoms with Crippen molar-refractivity contribution in [3.8, 4) is 5.69 Å². The summed E-state index contributed by atoms with van der Waals surface area (Å²) >= 11 is 17.5. The van der Waals surface area contributed by atoms with Crippen LogP contribution >= 0.6 is 34.8 Å². The summed E-state index contributed by atoms with van der Waals surface area (Å²) in [5, 5.41) is 4.29. The molecule has 0 saturated heterocycles. The van der Waals surface area contributed by atoms with Gasteiger partial charge in [-0.1, -0.05) is 34.8 Å². The molecule has 1 aromatic heterocycles. The first-order valence-electron chi connectivity index (χ1n) is 7.52. The molecule has 0 saturated carbocycles. The minimum Gasteiger partial charge on any atom is -0.279 e. The molecule has 0 unspecified atom stereocenters. The summed E-state index contributed by atoms with van der Waals surface area (Å²) < 4.78 is 28.7. The van der Waals surface area contributed by atoms with Crippen molar-refractivity contribution in [1.82, 2.24) is 9.78 Å². The zero-order valence-corrected chi connectivity index (χ0v) is 16.9. The third-order valence-electron chi connectivity index (χ3n) is 3.70. The number of aryl methyl sites for hydroxylation is 1. The lowest BCUT2D eigenvalue weighted by Crippen LogP contribution is -2.21. The van der Waals surface area contributed by atoms with Crippen LogP contribution in [-0.2, 0) is 10.0 Å². The molecular weight excluding hydrogens is 433 g/mol. The van der Waals surface area contributed by atoms with Gasteiger partial charge in [0.2, 0.25) is 0 Å². The summed E-state index contributed by atoms with van der Waals surface area (Å²) in [6.45, 7) is 1.75. The molecule has 6 nitrogen and oxygen atoms in total. The fraction of sp³-hybridized carbons (Fsp3) is 0.0588. The fourth-order valence-corrected chi connectivity index (χ4v) is 3.92. The maximum absolute atomic E-state index is 12.6. The molecule has 0 amide bonds. The van der Waals surface area contributed by atoms with E-state index in [2.05, 4.69) is 9.82 Å². The van der Waals surface area contributed by atoms with Gasteiger partial charge < -0.3 is 0 Å². The summed E-state index contributed by atoms with van der Waals surface area (Å²) in [6.07, 6.45) is 1.24. The molecule has 0 radical (unpaired) electrons. The molecule has 27 heavy (non-hydrogen) atoms. The molecule has 10 heteroatoms. The van der Waals surface area contributed by atoms with Gasteiger partial charge in [-0.25, -0.2) is 8.42 Å². The van der Waals surface area contributed by atoms with Crippen molar-refractivity contribution >= 4 is 50.5 Å². The number of rotatable bonds is 4. The lowest BCUT2D eigenvalue weighted by molar-refractivity contribution is 0.601. The van der Waals surface area contributed by atoms with Crippen molar-refractivity contribution in [2.24, 2.45) is 0 Å². The Kier molecular flexibility index (Phi) is 5.48. The number of sulfonamides is 1. The molecule has 2 aromatic carbocycles. The van der Waals surface area contributed by atoms with Crippen LogP contribution in [0.15, 0.2) is 58.4 Å². The molecule has 0 aliphatic rings. The normalized spacial score (nSPS) is 11.4. The van der Waals surface area contributed by atoms with E-state index >= 15 is 0 Å². The number of nitrogens with zero attached hydrogens (tertiary/aromatic N) is 2. The first kappa shape index (κ1) is 19.7. The van der Waals surface area contributed by atoms with Crippen LogP contribution in [0.4, 0.5) is 5.69 Å². The minimum atomic E-state index is -3.82. The summed E-state index contributed by atoms with van der Waals surface area (Å²) in [5.74, 6) is 0. The van der Waals surface area contributed by atoms with Crippen LogP contribution in [0.25, 0.3) is 5.69 Å². The SMILES string of the molecule is Cc1cc(Cl)ccc1NS(=O)(=O)c1ccc(-n2ncc(Cl)c(Cl)c2=O)cc1. The Morgan fingerprint density at radius 1 is 1.04 bits per heavy atom. The van der Waals surface area contributed by atoms with Gasteiger partial charge in [-0.2, -0.15) is 9.78 Å². The predicted octanol–water partition coefficient (Wildman–Crippen LogP) is 4.30. The number of aromatic nitrogens is 2. The summed E-state index contributed by atoms with van der Waals surface area (Å²) in [4.78, 5) is 12.1. The second-order valence-corrected chi connectivity index (χ2v) is 8.49. The van der Waals surface area contributed by atoms with Gasteiger partial charge in [0.15, 0.2) is 0 Å². The van der Waals surface area contributed by atoms with Gasteiger partial charge in [-0.15, -0.1) is 0 Å². The van der Waals surface area contributed by atoms with E-state index in [0.29, 0.717) is 22.0 Å². The van der Waals surface area contributed by atoms with Gasteiger partial charge in [0, 0.05) is 5.02 Å². The van der Waals surface area contributed by atoms with Crippen LogP contribution in [0.5, 0.6) is 0 Å². The highest BCUT2D eigenvalue weighted by Crippen LogP contribution is 2.23. The predicted molar refractivity (Wildman–Crippen MR) is 107 cm³/mol. The number of anilines is 1. The van der Waals surface area contributed by atoms with Crippen molar-refractivity contribution in [2.45, 2.75) is 11.8 Å². The third kappa shape index (κ3) is 4.11. The van der Waals surface area contributed by atoms with Gasteiger partial charge in [0.05, 0.1) is 27.5 Å². The first-order chi connectivity index (χ1) is 12.7. The van der Waals surface area contributed by atoms with Crippen LogP contribution in [0, 0.1) is 6.92 Å². The standard InChI is InChI=1S/C17H12Cl3N3O3S/c1-10-8-11(18)2-7-15(10)22-27(25,26)13-5-3-12(4-6-13)23-17(24)16(20)14(19)9-21-23/h2-9,22H,1H3. The number of hydrogen-bond donors (Lipinski definition) is 1. The van der Waals surface area contributed by atoms with E-state index in [1.54, 1.807) is 25.1 Å². The van der Waals surface area contributed by atoms with Crippen LogP contribution in [0.2, 0.25) is 15.1 Å². The highest BCUT2D eigenvalue weighted by atomic mass is 35.5. The Morgan fingerprint density at radius 3 is 2.33 bits per heavy atom. The second kappa shape index (κ2) is 7.52. The number of hydrogen-bond acceptors (Lipinski definition) is 4. The molecule has 0 atom stereocenters. The first-order valence-corrected chi connectivity index (χ1v) is 10.1. The van der Waals surface area contributed by atoms with Crippen molar-refractivity contribution in [3.63, 3.8) is 0 Å². The summed E-state index contributed by atoms with van der Waals surface area (Å²) in [7, 11) is -3.82. The maximum atomic E-state index is 12.6. The molecule has 0 spiro atoms. The Hall–Kier alpha value is -2.06. The molecule has 0 aliphatic heterocycles. The zero-order valence-electron chi connectivity index (χ0n) is 13.8. The molecule has 3 aromatic rings. The van der Waals surface area contributed by atoms with Gasteiger partial charge in [-0.05, 0) is 55.0 Å². The van der Waals surface area contributed by atoms with E-state index in [1.165, 1.54) is 30.5 Å². The topological polar surface area (TPSA) is 81.1 Å². The van der Waals surface area contributed by atoms with Gasteiger partial charge in [-0.3, -0.25) is 9.52 Å². The highest BCUT2D eigenvalue weighted by molar-refractivity contribution is 7.92. The Labute approximate surface area is 170 Å². The Morgan fingerprint density at radius 2 is 1.70 bits per heavy atom. The molecule has 0 bridgehead atoms. The lowest BCUT2D eigenvalue weighted by atomic mass is 10.2. The van der Waals surface area contributed by atoms with Crippen LogP contribution in [0.3, 0.4) is 0 Å². The van der Waals surface area contributed by atoms with Gasteiger partial charge >= 0.3 is 0 Å². The monoisotopic (exact) mass is 443 g/mol. The van der Waals surface area contributed by atoms with E-state index in [1.807, 2.05) is 0 Å². The lowest BCUT2D eigenvalue weighted by Gasteiger charge is -2.11. The molecule has 3 rings (SSSR count). The number of nitrogens with one attached hydrogen (secondary N) is 1. The van der Waals surface area contributed by atoms with Crippen molar-refractivity contribution in [3.05, 3.63) is 79.6 Å². The van der Waals surface area contributed by atoms with Crippen molar-refractivity contribution in [1.29, 1.82) is 0 Å². The number of benzene rings is 2. The Balaban J connectivity index is 1.93. The van der Waals surface area contributed by atoms with Crippen LogP contribution in [0.1, 0.15) is 5.56 Å². The maximum Gasteiger partial charge on any atom is 0.291 e. The molecule has 1 heterocycles. The highest BCUT2D eigenvalue weighted by Gasteiger charge is 2.16. The molecule has 140 valence electrons. The summed E-state index contributed by atoms with van der Waals surface area (Å²) in [5.41, 5.74) is 0.856. The smallest absolute Gasteiger partial charge is 0.279 e. The minimum absolute atomic E-state index is 0.0220. The average Bonchev–Trinajstić information content (AvgIpc) is 2.62. The van der Waals surface area contributed by atoms with Crippen molar-refractivity contribution in [2.75, 3.05) is 4.72 Å². The van der Waals surface area contributed by atoms with E-state index in [-0.39, 0.29) is 14.9 Å². The zero-order chi connectivity index (χ0) is 19.8. The molecule has 0 aliphatic carbocycles. The van der Waals surface area contributed by atoms with E-state index in [9.17, 15) is 13.2 Å². The Bertz CT molecular complexity index is 1180. The molecule has 1 N–H and O–H groups in total. The van der Waals surface area contributed by atoms with Crippen LogP contribution in [-0.4, -0.2) is 18.2 Å². The van der Waals surface area contributed by atoms with E-state index in [4.69, 9.17) is 34.8 Å². The second-order valence-electron chi connectivity index (χ2n) is 5.58. The third-order valence-corrected chi connectivity index (χ3v) is 6.07. The van der Waals surface area contributed by atoms with Gasteiger partial charge in [0.25, 0.3) is 15.6 Å². The fourth-order valence-electron chi connectivity index (χ4n) is 2.31. The largest absolute Gasteiger partial charge is 0.291 e. The van der Waals surface area contributed by atoms with Crippen molar-refractivity contribution < 1.29 is 8.42 Å². The van der Waals surface area contributed by atoms with Crippen LogP contribution < -0.4 is 10.3 Å². The molecule has 0 fully saturated rings. The van der Waals surface area contributed by atoms with Gasteiger partial charge in [0.1, 0.15) is 5.02 Å². The quantitative estimate of drug-likeness (QED) is 0.650. The number of halogens is 3. The van der Waals surface area contributed by atoms with E-state index in [0.717, 1.165) is 4.68 Å².